The normalized spacial score (nSPS) is 18.4. The van der Waals surface area contributed by atoms with Gasteiger partial charge in [-0.3, -0.25) is 4.79 Å². The van der Waals surface area contributed by atoms with E-state index in [1.807, 2.05) is 17.8 Å². The third-order valence-electron chi connectivity index (χ3n) is 3.23. The van der Waals surface area contributed by atoms with Gasteiger partial charge in [0.1, 0.15) is 11.3 Å². The maximum Gasteiger partial charge on any atom is 0.230 e. The van der Waals surface area contributed by atoms with Crippen LogP contribution < -0.4 is 15.8 Å². The lowest BCUT2D eigenvalue weighted by atomic mass is 10.1. The van der Waals surface area contributed by atoms with E-state index < -0.39 is 0 Å². The Hall–Kier alpha value is -1.47. The molecule has 1 fully saturated rings. The molecule has 7 heteroatoms. The molecule has 1 aromatic carbocycles. The monoisotopic (exact) mass is 309 g/mol. The minimum Gasteiger partial charge on any atom is -0.494 e. The number of carbonyl (C=O) groups is 1. The van der Waals surface area contributed by atoms with E-state index in [2.05, 4.69) is 10.3 Å². The summed E-state index contributed by atoms with van der Waals surface area (Å²) >= 11 is 3.24. The van der Waals surface area contributed by atoms with Gasteiger partial charge in [-0.2, -0.15) is 11.8 Å². The van der Waals surface area contributed by atoms with Crippen LogP contribution >= 0.6 is 23.1 Å². The fourth-order valence-electron chi connectivity index (χ4n) is 2.18. The summed E-state index contributed by atoms with van der Waals surface area (Å²) < 4.78 is 6.19. The van der Waals surface area contributed by atoms with Crippen molar-refractivity contribution in [2.75, 3.05) is 29.7 Å². The van der Waals surface area contributed by atoms with Gasteiger partial charge in [0.2, 0.25) is 5.91 Å². The molecule has 1 saturated heterocycles. The zero-order valence-corrected chi connectivity index (χ0v) is 12.6. The van der Waals surface area contributed by atoms with E-state index in [4.69, 9.17) is 10.5 Å². The molecule has 0 saturated carbocycles. The van der Waals surface area contributed by atoms with E-state index in [0.717, 1.165) is 28.1 Å². The third kappa shape index (κ3) is 2.55. The van der Waals surface area contributed by atoms with Crippen molar-refractivity contribution in [3.05, 3.63) is 12.1 Å². The molecule has 1 unspecified atom stereocenters. The molecule has 1 aliphatic heterocycles. The molecular weight excluding hydrogens is 294 g/mol. The van der Waals surface area contributed by atoms with Gasteiger partial charge >= 0.3 is 0 Å². The van der Waals surface area contributed by atoms with Gasteiger partial charge in [0.15, 0.2) is 5.13 Å². The number of ether oxygens (including phenoxy) is 1. The summed E-state index contributed by atoms with van der Waals surface area (Å²) in [6.45, 7) is 0. The van der Waals surface area contributed by atoms with Crippen LogP contribution in [0.1, 0.15) is 6.42 Å². The van der Waals surface area contributed by atoms with Crippen molar-refractivity contribution in [3.8, 4) is 5.75 Å². The largest absolute Gasteiger partial charge is 0.494 e. The second-order valence-corrected chi connectivity index (χ2v) is 6.82. The van der Waals surface area contributed by atoms with Crippen LogP contribution in [0.5, 0.6) is 5.75 Å². The maximum atomic E-state index is 12.1. The van der Waals surface area contributed by atoms with Gasteiger partial charge in [-0.05, 0) is 18.2 Å². The van der Waals surface area contributed by atoms with Gasteiger partial charge in [-0.15, -0.1) is 0 Å². The van der Waals surface area contributed by atoms with Gasteiger partial charge < -0.3 is 15.8 Å². The fourth-order valence-corrected chi connectivity index (χ4v) is 4.33. The van der Waals surface area contributed by atoms with Crippen molar-refractivity contribution < 1.29 is 9.53 Å². The van der Waals surface area contributed by atoms with Crippen molar-refractivity contribution in [3.63, 3.8) is 0 Å². The second-order valence-electron chi connectivity index (χ2n) is 4.64. The lowest BCUT2D eigenvalue weighted by Crippen LogP contribution is -2.22. The maximum absolute atomic E-state index is 12.1. The number of nitrogen functional groups attached to an aromatic ring is 1. The zero-order chi connectivity index (χ0) is 14.1. The highest BCUT2D eigenvalue weighted by molar-refractivity contribution is 7.99. The Balaban J connectivity index is 1.87. The quantitative estimate of drug-likeness (QED) is 0.852. The molecule has 1 aliphatic rings. The van der Waals surface area contributed by atoms with Gasteiger partial charge in [0, 0.05) is 23.4 Å². The number of anilines is 2. The number of amides is 1. The molecule has 3 N–H and O–H groups in total. The van der Waals surface area contributed by atoms with Crippen LogP contribution in [0.3, 0.4) is 0 Å². The molecule has 1 atom stereocenters. The molecule has 5 nitrogen and oxygen atoms in total. The van der Waals surface area contributed by atoms with Gasteiger partial charge in [-0.25, -0.2) is 4.98 Å². The molecule has 2 heterocycles. The van der Waals surface area contributed by atoms with Crippen LogP contribution in [-0.4, -0.2) is 29.5 Å². The molecule has 0 aliphatic carbocycles. The molecule has 20 heavy (non-hydrogen) atoms. The molecule has 3 rings (SSSR count). The number of methoxy groups -OCH3 is 1. The lowest BCUT2D eigenvalue weighted by Gasteiger charge is -2.06. The van der Waals surface area contributed by atoms with E-state index in [1.165, 1.54) is 11.3 Å². The van der Waals surface area contributed by atoms with Crippen molar-refractivity contribution in [1.29, 1.82) is 0 Å². The van der Waals surface area contributed by atoms with Crippen molar-refractivity contribution >= 4 is 50.0 Å². The summed E-state index contributed by atoms with van der Waals surface area (Å²) in [7, 11) is 1.58. The number of fused-ring (bicyclic) bond motifs is 1. The number of aromatic nitrogens is 1. The average Bonchev–Trinajstić information content (AvgIpc) is 3.05. The fraction of sp³-hybridized carbons (Fsp3) is 0.385. The van der Waals surface area contributed by atoms with Crippen LogP contribution in [0, 0.1) is 5.92 Å². The SMILES string of the molecule is COc1cc(N)cc2sc(NC(=O)C3CCSC3)nc12. The van der Waals surface area contributed by atoms with Crippen LogP contribution in [0.4, 0.5) is 10.8 Å². The number of benzene rings is 1. The standard InChI is InChI=1S/C13H15N3O2S2/c1-18-9-4-8(14)5-10-11(9)15-13(20-10)16-12(17)7-2-3-19-6-7/h4-5,7H,2-3,6,14H2,1H3,(H,15,16,17). The Morgan fingerprint density at radius 2 is 2.40 bits per heavy atom. The summed E-state index contributed by atoms with van der Waals surface area (Å²) in [4.78, 5) is 16.5. The van der Waals surface area contributed by atoms with Gasteiger partial charge in [-0.1, -0.05) is 11.3 Å². The predicted molar refractivity (Wildman–Crippen MR) is 84.6 cm³/mol. The highest BCUT2D eigenvalue weighted by Crippen LogP contribution is 2.35. The summed E-state index contributed by atoms with van der Waals surface area (Å²) in [6, 6.07) is 3.58. The molecule has 106 valence electrons. The Morgan fingerprint density at radius 1 is 1.55 bits per heavy atom. The van der Waals surface area contributed by atoms with Gasteiger partial charge in [0.05, 0.1) is 11.8 Å². The Bertz CT molecular complexity index is 650. The lowest BCUT2D eigenvalue weighted by molar-refractivity contribution is -0.119. The molecule has 1 aromatic heterocycles. The van der Waals surface area contributed by atoms with Crippen LogP contribution in [-0.2, 0) is 4.79 Å². The number of nitrogens with two attached hydrogens (primary N) is 1. The number of carbonyl (C=O) groups excluding carboxylic acids is 1. The van der Waals surface area contributed by atoms with E-state index in [9.17, 15) is 4.79 Å². The number of nitrogens with one attached hydrogen (secondary N) is 1. The molecule has 0 bridgehead atoms. The number of hydrogen-bond donors (Lipinski definition) is 2. The third-order valence-corrected chi connectivity index (χ3v) is 5.31. The number of thiazole rings is 1. The average molecular weight is 309 g/mol. The summed E-state index contributed by atoms with van der Waals surface area (Å²) in [5.74, 6) is 2.74. The van der Waals surface area contributed by atoms with Crippen molar-refractivity contribution in [1.82, 2.24) is 4.98 Å². The number of thioether (sulfide) groups is 1. The summed E-state index contributed by atoms with van der Waals surface area (Å²) in [5, 5.41) is 3.51. The Kier molecular flexibility index (Phi) is 3.71. The smallest absolute Gasteiger partial charge is 0.230 e. The van der Waals surface area contributed by atoms with E-state index in [1.54, 1.807) is 13.2 Å². The Labute approximate surface area is 124 Å². The summed E-state index contributed by atoms with van der Waals surface area (Å²) in [6.07, 6.45) is 0.942. The van der Waals surface area contributed by atoms with Crippen LogP contribution in [0.15, 0.2) is 12.1 Å². The zero-order valence-electron chi connectivity index (χ0n) is 11.0. The molecule has 0 radical (unpaired) electrons. The number of nitrogens with zero attached hydrogens (tertiary/aromatic N) is 1. The van der Waals surface area contributed by atoms with E-state index >= 15 is 0 Å². The molecule has 2 aromatic rings. The van der Waals surface area contributed by atoms with Crippen LogP contribution in [0.25, 0.3) is 10.2 Å². The first kappa shape index (κ1) is 13.5. The van der Waals surface area contributed by atoms with E-state index in [0.29, 0.717) is 16.6 Å². The summed E-state index contributed by atoms with van der Waals surface area (Å²) in [5.41, 5.74) is 7.19. The molecule has 0 spiro atoms. The number of hydrogen-bond acceptors (Lipinski definition) is 6. The second kappa shape index (κ2) is 5.49. The predicted octanol–water partition coefficient (Wildman–Crippen LogP) is 2.58. The minimum absolute atomic E-state index is 0.0565. The highest BCUT2D eigenvalue weighted by atomic mass is 32.2. The van der Waals surface area contributed by atoms with Crippen LogP contribution in [0.2, 0.25) is 0 Å². The number of rotatable bonds is 3. The highest BCUT2D eigenvalue weighted by Gasteiger charge is 2.24. The first-order valence-corrected chi connectivity index (χ1v) is 8.27. The van der Waals surface area contributed by atoms with Crippen molar-refractivity contribution in [2.24, 2.45) is 5.92 Å². The topological polar surface area (TPSA) is 77.2 Å². The molecular formula is C13H15N3O2S2. The van der Waals surface area contributed by atoms with Crippen molar-refractivity contribution in [2.45, 2.75) is 6.42 Å². The minimum atomic E-state index is 0.0565. The van der Waals surface area contributed by atoms with E-state index in [-0.39, 0.29) is 11.8 Å². The Morgan fingerprint density at radius 3 is 3.10 bits per heavy atom. The van der Waals surface area contributed by atoms with Gasteiger partial charge in [0.25, 0.3) is 0 Å². The first-order valence-electron chi connectivity index (χ1n) is 6.30. The molecule has 1 amide bonds. The first-order chi connectivity index (χ1) is 9.67.